The van der Waals surface area contributed by atoms with E-state index in [1.807, 2.05) is 0 Å². The maximum absolute atomic E-state index is 11.8. The van der Waals surface area contributed by atoms with Crippen LogP contribution in [0.25, 0.3) is 0 Å². The highest BCUT2D eigenvalue weighted by Crippen LogP contribution is 2.39. The molecule has 22 aliphatic heterocycles. The monoisotopic (exact) mass is 1090 g/mol. The summed E-state index contributed by atoms with van der Waals surface area (Å²) in [6.45, 7) is -4.92. The summed E-state index contributed by atoms with van der Waals surface area (Å²) in [6, 6.07) is 0. The standard InChI is InChI=1S/C41H70O33/c1-2-9(48)16(49)35(61)68-34-27(60)41-67-15(8-47)33(34)74-40-26(59)21(54)31(13(6-45)66-40)72-38-24(57)19(52)29(11(4-43)64-38)70-36-22(55)17(50)28(10(3-42)62-36)69-37-23(56)18(51)30(12(5-44)63-37)71-39-25(58)20(53)32(73-41)14(7-46)65-39/h9-61H,2-8H2,1H3/t9?,10-,11-,12-,13-,14-,15-,16?,17-,18-,19-,20-,21-,22-,23-,24-,25-,26-,27-,28-,29-,30-,31-,32-,33+,34-,35?,36-,37-,38-,39-,40-,41-/m1/s1. The van der Waals surface area contributed by atoms with Crippen LogP contribution >= 0.6 is 0 Å². The van der Waals surface area contributed by atoms with Crippen LogP contribution in [0.2, 0.25) is 0 Å². The lowest BCUT2D eigenvalue weighted by molar-refractivity contribution is -0.408. The van der Waals surface area contributed by atoms with Crippen LogP contribution in [-0.4, -0.2) is 345 Å². The van der Waals surface area contributed by atoms with E-state index in [1.54, 1.807) is 0 Å². The van der Waals surface area contributed by atoms with Gasteiger partial charge in [-0.05, 0) is 6.42 Å². The molecule has 20 N–H and O–H groups in total. The predicted molar refractivity (Wildman–Crippen MR) is 223 cm³/mol. The molecule has 0 radical (unpaired) electrons. The van der Waals surface area contributed by atoms with E-state index in [1.165, 1.54) is 6.92 Å². The zero-order chi connectivity index (χ0) is 54.2. The van der Waals surface area contributed by atoms with Crippen LogP contribution in [0.1, 0.15) is 13.3 Å². The normalized spacial score (nSPS) is 52.0. The van der Waals surface area contributed by atoms with Crippen molar-refractivity contribution in [1.82, 2.24) is 0 Å². The predicted octanol–water partition coefficient (Wildman–Crippen LogP) is -13.6. The van der Waals surface area contributed by atoms with E-state index in [0.717, 1.165) is 0 Å². The molecular weight excluding hydrogens is 1020 g/mol. The molecule has 22 fully saturated rings. The van der Waals surface area contributed by atoms with Gasteiger partial charge >= 0.3 is 0 Å². The molecule has 22 aliphatic rings. The van der Waals surface area contributed by atoms with Crippen molar-refractivity contribution < 1.29 is 164 Å². The second kappa shape index (κ2) is 25.9. The van der Waals surface area contributed by atoms with E-state index >= 15 is 0 Å². The third-order valence-corrected chi connectivity index (χ3v) is 14.0. The molecule has 432 valence electrons. The van der Waals surface area contributed by atoms with Gasteiger partial charge in [-0.25, -0.2) is 0 Å². The molecule has 12 bridgehead atoms. The van der Waals surface area contributed by atoms with Crippen LogP contribution in [0.5, 0.6) is 0 Å². The molecule has 33 nitrogen and oxygen atoms in total. The highest BCUT2D eigenvalue weighted by atomic mass is 16.8. The minimum atomic E-state index is -2.39. The third-order valence-electron chi connectivity index (χ3n) is 14.0. The van der Waals surface area contributed by atoms with E-state index in [0.29, 0.717) is 0 Å². The summed E-state index contributed by atoms with van der Waals surface area (Å²) in [5.74, 6) is 0. The Labute approximate surface area is 419 Å². The molecule has 0 aromatic heterocycles. The average Bonchev–Trinajstić information content (AvgIpc) is 3.39. The van der Waals surface area contributed by atoms with Crippen molar-refractivity contribution in [1.29, 1.82) is 0 Å². The first-order chi connectivity index (χ1) is 35.2. The first-order valence-electron chi connectivity index (χ1n) is 23.9. The third kappa shape index (κ3) is 12.1. The second-order valence-electron chi connectivity index (χ2n) is 18.8. The average molecular weight is 1090 g/mol. The minimum absolute atomic E-state index is 0.139. The Bertz CT molecular complexity index is 1700. The van der Waals surface area contributed by atoms with Gasteiger partial charge in [0.25, 0.3) is 0 Å². The number of aliphatic hydroxyl groups is 20. The highest BCUT2D eigenvalue weighted by molar-refractivity contribution is 5.01. The fraction of sp³-hybridized carbons (Fsp3) is 1.00. The van der Waals surface area contributed by atoms with Crippen molar-refractivity contribution >= 4 is 0 Å². The second-order valence-corrected chi connectivity index (χ2v) is 18.8. The van der Waals surface area contributed by atoms with Gasteiger partial charge in [-0.3, -0.25) is 0 Å². The zero-order valence-electron chi connectivity index (χ0n) is 39.3. The van der Waals surface area contributed by atoms with Gasteiger partial charge in [0, 0.05) is 0 Å². The SMILES string of the molecule is CCC(O)C(O)C(O)O[C@@H]1[C@@H](O)[C@H]2O[C@H]3[C@H](O)[C@@H](O)[C@@H](O[C@H]4[C@H](O)[C@@H](O)[C@@H](O[C@H]5[C@H](O)[C@@H](O)[C@@H](O[C@H]6[C@H](O)[C@@H](O)[C@@H](O[C@H]7[C@H](O)[C@@H](O)[C@@H](O[C@H]1[C@@H](CO)O2)O[C@@H]7CO)O[C@@H]6CO)O[C@@H]5CO)O[C@@H]4CO)O[C@@H]3CO. The van der Waals surface area contributed by atoms with Gasteiger partial charge in [-0.15, -0.1) is 0 Å². The smallest absolute Gasteiger partial charge is 0.187 e. The van der Waals surface area contributed by atoms with Crippen LogP contribution in [0, 0.1) is 0 Å². The highest BCUT2D eigenvalue weighted by Gasteiger charge is 2.59. The summed E-state index contributed by atoms with van der Waals surface area (Å²) in [6.07, 6.45) is -67.0. The number of rotatable bonds is 11. The van der Waals surface area contributed by atoms with Crippen LogP contribution in [0.4, 0.5) is 0 Å². The van der Waals surface area contributed by atoms with E-state index in [4.69, 9.17) is 61.6 Å². The summed E-state index contributed by atoms with van der Waals surface area (Å²) in [5.41, 5.74) is 0. The van der Waals surface area contributed by atoms with E-state index in [9.17, 15) is 102 Å². The van der Waals surface area contributed by atoms with Gasteiger partial charge in [-0.2, -0.15) is 0 Å². The van der Waals surface area contributed by atoms with Crippen LogP contribution in [0.3, 0.4) is 0 Å². The Kier molecular flexibility index (Phi) is 21.1. The Morgan fingerprint density at radius 2 is 0.527 bits per heavy atom. The van der Waals surface area contributed by atoms with Gasteiger partial charge in [0.05, 0.1) is 45.7 Å². The van der Waals surface area contributed by atoms with Gasteiger partial charge in [0.2, 0.25) is 0 Å². The lowest BCUT2D eigenvalue weighted by Crippen LogP contribution is -2.69. The molecular formula is C41H70O33. The minimum Gasteiger partial charge on any atom is -0.394 e. The van der Waals surface area contributed by atoms with Crippen molar-refractivity contribution in [3.05, 3.63) is 0 Å². The Morgan fingerprint density at radius 1 is 0.311 bits per heavy atom. The first kappa shape index (κ1) is 60.3. The van der Waals surface area contributed by atoms with E-state index in [2.05, 4.69) is 0 Å². The molecule has 0 amide bonds. The Balaban J connectivity index is 1.23. The Hall–Kier alpha value is -1.32. The van der Waals surface area contributed by atoms with Gasteiger partial charge in [-0.1, -0.05) is 6.92 Å². The maximum Gasteiger partial charge on any atom is 0.187 e. The molecule has 33 atom stereocenters. The molecule has 22 saturated heterocycles. The fourth-order valence-corrected chi connectivity index (χ4v) is 9.74. The zero-order valence-corrected chi connectivity index (χ0v) is 39.3. The molecule has 33 heteroatoms. The van der Waals surface area contributed by atoms with Crippen molar-refractivity contribution in [3.63, 3.8) is 0 Å². The first-order valence-corrected chi connectivity index (χ1v) is 23.9. The summed E-state index contributed by atoms with van der Waals surface area (Å²) in [5, 5.41) is 219. The number of hydrogen-bond acceptors (Lipinski definition) is 33. The van der Waals surface area contributed by atoms with Crippen LogP contribution in [-0.2, 0) is 61.6 Å². The van der Waals surface area contributed by atoms with Gasteiger partial charge in [0.1, 0.15) is 153 Å². The molecule has 74 heavy (non-hydrogen) atoms. The van der Waals surface area contributed by atoms with Gasteiger partial charge < -0.3 is 164 Å². The maximum atomic E-state index is 11.8. The quantitative estimate of drug-likeness (QED) is 0.0854. The fourth-order valence-electron chi connectivity index (χ4n) is 9.74. The molecule has 0 saturated carbocycles. The lowest BCUT2D eigenvalue weighted by Gasteiger charge is -2.51. The molecule has 0 aromatic carbocycles. The summed E-state index contributed by atoms with van der Waals surface area (Å²) in [4.78, 5) is 0. The van der Waals surface area contributed by atoms with Crippen molar-refractivity contribution in [2.45, 2.75) is 216 Å². The molecule has 3 unspecified atom stereocenters. The topological polar surface area (TPSA) is 525 Å². The number of aliphatic hydroxyl groups excluding tert-OH is 20. The summed E-state index contributed by atoms with van der Waals surface area (Å²) >= 11 is 0. The number of hydrogen-bond donors (Lipinski definition) is 20. The lowest BCUT2D eigenvalue weighted by atomic mass is 9.94. The van der Waals surface area contributed by atoms with Crippen LogP contribution < -0.4 is 0 Å². The van der Waals surface area contributed by atoms with E-state index < -0.39 is 242 Å². The molecule has 0 aliphatic carbocycles. The summed E-state index contributed by atoms with van der Waals surface area (Å²) < 4.78 is 74.4. The van der Waals surface area contributed by atoms with Crippen molar-refractivity contribution in [3.8, 4) is 0 Å². The Morgan fingerprint density at radius 3 is 0.757 bits per heavy atom. The van der Waals surface area contributed by atoms with Crippen molar-refractivity contribution in [2.75, 3.05) is 39.6 Å². The van der Waals surface area contributed by atoms with Gasteiger partial charge in [0.15, 0.2) is 44.0 Å². The number of ether oxygens (including phenoxy) is 13. The molecule has 22 heterocycles. The van der Waals surface area contributed by atoms with Crippen LogP contribution in [0.15, 0.2) is 0 Å². The molecule has 0 aromatic rings. The van der Waals surface area contributed by atoms with E-state index in [-0.39, 0.29) is 6.42 Å². The van der Waals surface area contributed by atoms with Crippen molar-refractivity contribution in [2.24, 2.45) is 0 Å². The molecule has 0 spiro atoms. The molecule has 22 rings (SSSR count). The largest absolute Gasteiger partial charge is 0.394 e. The summed E-state index contributed by atoms with van der Waals surface area (Å²) in [7, 11) is 0.